The molecular formula is C21H22F3NO4. The average molecular weight is 409 g/mol. The van der Waals surface area contributed by atoms with Gasteiger partial charge in [0.25, 0.3) is 0 Å². The Kier molecular flexibility index (Phi) is 7.52. The summed E-state index contributed by atoms with van der Waals surface area (Å²) in [6, 6.07) is 8.44. The van der Waals surface area contributed by atoms with Crippen molar-refractivity contribution in [2.75, 3.05) is 27.9 Å². The van der Waals surface area contributed by atoms with Gasteiger partial charge in [-0.15, -0.1) is 0 Å². The molecule has 0 radical (unpaired) electrons. The zero-order chi connectivity index (χ0) is 21.4. The first-order valence-corrected chi connectivity index (χ1v) is 8.71. The molecule has 0 bridgehead atoms. The third-order valence-electron chi connectivity index (χ3n) is 4.12. The maximum Gasteiger partial charge on any atom is 0.416 e. The predicted molar refractivity (Wildman–Crippen MR) is 103 cm³/mol. The first kappa shape index (κ1) is 22.1. The van der Waals surface area contributed by atoms with Crippen LogP contribution >= 0.6 is 0 Å². The normalized spacial score (nSPS) is 11.4. The van der Waals surface area contributed by atoms with Gasteiger partial charge in [-0.1, -0.05) is 18.2 Å². The fourth-order valence-electron chi connectivity index (χ4n) is 2.71. The summed E-state index contributed by atoms with van der Waals surface area (Å²) in [6.45, 7) is 0.202. The van der Waals surface area contributed by atoms with Crippen molar-refractivity contribution in [1.82, 2.24) is 5.32 Å². The first-order chi connectivity index (χ1) is 13.8. The molecule has 0 spiro atoms. The van der Waals surface area contributed by atoms with E-state index in [0.717, 1.165) is 12.1 Å². The van der Waals surface area contributed by atoms with Crippen LogP contribution in [-0.4, -0.2) is 33.8 Å². The van der Waals surface area contributed by atoms with E-state index in [9.17, 15) is 18.0 Å². The topological polar surface area (TPSA) is 56.8 Å². The van der Waals surface area contributed by atoms with E-state index < -0.39 is 11.7 Å². The summed E-state index contributed by atoms with van der Waals surface area (Å²) in [5.74, 6) is 0.933. The minimum Gasteiger partial charge on any atom is -0.493 e. The molecule has 29 heavy (non-hydrogen) atoms. The largest absolute Gasteiger partial charge is 0.493 e. The number of benzene rings is 2. The molecule has 1 N–H and O–H groups in total. The molecule has 2 rings (SSSR count). The molecule has 0 saturated heterocycles. The number of nitrogens with one attached hydrogen (secondary N) is 1. The van der Waals surface area contributed by atoms with Crippen LogP contribution in [-0.2, 0) is 17.4 Å². The second-order valence-electron chi connectivity index (χ2n) is 6.00. The highest BCUT2D eigenvalue weighted by molar-refractivity contribution is 5.92. The summed E-state index contributed by atoms with van der Waals surface area (Å²) >= 11 is 0. The SMILES string of the molecule is COc1ccc(C=CC(=O)NCCc2cccc(C(F)(F)F)c2)c(OC)c1OC. The van der Waals surface area contributed by atoms with Crippen molar-refractivity contribution in [2.24, 2.45) is 0 Å². The van der Waals surface area contributed by atoms with Crippen LogP contribution in [0.15, 0.2) is 42.5 Å². The van der Waals surface area contributed by atoms with E-state index in [4.69, 9.17) is 14.2 Å². The van der Waals surface area contributed by atoms with Crippen molar-refractivity contribution >= 4 is 12.0 Å². The Morgan fingerprint density at radius 2 is 1.76 bits per heavy atom. The van der Waals surface area contributed by atoms with Gasteiger partial charge in [0.1, 0.15) is 0 Å². The highest BCUT2D eigenvalue weighted by Gasteiger charge is 2.30. The molecule has 156 valence electrons. The molecule has 0 aliphatic heterocycles. The highest BCUT2D eigenvalue weighted by atomic mass is 19.4. The van der Waals surface area contributed by atoms with Crippen molar-refractivity contribution in [3.8, 4) is 17.2 Å². The van der Waals surface area contributed by atoms with Crippen LogP contribution in [0.5, 0.6) is 17.2 Å². The lowest BCUT2D eigenvalue weighted by molar-refractivity contribution is -0.137. The van der Waals surface area contributed by atoms with Crippen LogP contribution < -0.4 is 19.5 Å². The molecule has 1 amide bonds. The van der Waals surface area contributed by atoms with Crippen molar-refractivity contribution < 1.29 is 32.2 Å². The van der Waals surface area contributed by atoms with Gasteiger partial charge in [-0.25, -0.2) is 0 Å². The molecule has 2 aromatic rings. The number of hydrogen-bond acceptors (Lipinski definition) is 4. The lowest BCUT2D eigenvalue weighted by Crippen LogP contribution is -2.23. The molecule has 0 aromatic heterocycles. The van der Waals surface area contributed by atoms with Crippen molar-refractivity contribution in [1.29, 1.82) is 0 Å². The molecule has 0 saturated carbocycles. The zero-order valence-electron chi connectivity index (χ0n) is 16.3. The molecule has 0 unspecified atom stereocenters. The Morgan fingerprint density at radius 1 is 1.03 bits per heavy atom. The van der Waals surface area contributed by atoms with Crippen LogP contribution in [0.4, 0.5) is 13.2 Å². The van der Waals surface area contributed by atoms with E-state index in [2.05, 4.69) is 5.32 Å². The highest BCUT2D eigenvalue weighted by Crippen LogP contribution is 2.40. The van der Waals surface area contributed by atoms with Crippen LogP contribution in [0.25, 0.3) is 6.08 Å². The van der Waals surface area contributed by atoms with Crippen LogP contribution in [0.3, 0.4) is 0 Å². The Labute approximate surface area is 167 Å². The lowest BCUT2D eigenvalue weighted by Gasteiger charge is -2.14. The third-order valence-corrected chi connectivity index (χ3v) is 4.12. The Balaban J connectivity index is 1.99. The van der Waals surface area contributed by atoms with Crippen molar-refractivity contribution in [3.63, 3.8) is 0 Å². The number of ether oxygens (including phenoxy) is 3. The molecule has 2 aromatic carbocycles. The number of carbonyl (C=O) groups excluding carboxylic acids is 1. The lowest BCUT2D eigenvalue weighted by atomic mass is 10.1. The standard InChI is InChI=1S/C21H22F3NO4/c1-27-17-9-7-15(19(28-2)20(17)29-3)8-10-18(26)25-12-11-14-5-4-6-16(13-14)21(22,23)24/h4-10,13H,11-12H2,1-3H3,(H,25,26). The van der Waals surface area contributed by atoms with E-state index >= 15 is 0 Å². The minimum absolute atomic E-state index is 0.202. The van der Waals surface area contributed by atoms with Crippen LogP contribution in [0.2, 0.25) is 0 Å². The summed E-state index contributed by atoms with van der Waals surface area (Å²) in [7, 11) is 4.46. The van der Waals surface area contributed by atoms with Crippen LogP contribution in [0.1, 0.15) is 16.7 Å². The number of hydrogen-bond donors (Lipinski definition) is 1. The maximum atomic E-state index is 12.7. The first-order valence-electron chi connectivity index (χ1n) is 8.71. The summed E-state index contributed by atoms with van der Waals surface area (Å²) in [6.07, 6.45) is -1.24. The molecule has 0 aliphatic carbocycles. The quantitative estimate of drug-likeness (QED) is 0.667. The van der Waals surface area contributed by atoms with E-state index in [1.54, 1.807) is 24.3 Å². The van der Waals surface area contributed by atoms with Gasteiger partial charge >= 0.3 is 6.18 Å². The Hall–Kier alpha value is -3.16. The van der Waals surface area contributed by atoms with Crippen molar-refractivity contribution in [3.05, 3.63) is 59.2 Å². The van der Waals surface area contributed by atoms with E-state index in [1.165, 1.54) is 33.5 Å². The van der Waals surface area contributed by atoms with Gasteiger partial charge in [0.05, 0.1) is 26.9 Å². The zero-order valence-corrected chi connectivity index (χ0v) is 16.3. The van der Waals surface area contributed by atoms with E-state index in [0.29, 0.717) is 28.4 Å². The molecular weight excluding hydrogens is 387 g/mol. The Morgan fingerprint density at radius 3 is 2.38 bits per heavy atom. The van der Waals surface area contributed by atoms with Gasteiger partial charge in [0.2, 0.25) is 11.7 Å². The second-order valence-corrected chi connectivity index (χ2v) is 6.00. The van der Waals surface area contributed by atoms with Crippen LogP contribution in [0, 0.1) is 0 Å². The predicted octanol–water partition coefficient (Wildman–Crippen LogP) is 4.10. The fourth-order valence-corrected chi connectivity index (χ4v) is 2.71. The molecule has 5 nitrogen and oxygen atoms in total. The molecule has 0 aliphatic rings. The second kappa shape index (κ2) is 9.86. The molecule has 0 fully saturated rings. The van der Waals surface area contributed by atoms with E-state index in [1.807, 2.05) is 0 Å². The molecule has 0 heterocycles. The summed E-state index contributed by atoms with van der Waals surface area (Å²) < 4.78 is 54.0. The maximum absolute atomic E-state index is 12.7. The number of halogens is 3. The Bertz CT molecular complexity index is 879. The molecule has 0 atom stereocenters. The third kappa shape index (κ3) is 5.91. The van der Waals surface area contributed by atoms with Gasteiger partial charge < -0.3 is 19.5 Å². The molecule has 8 heteroatoms. The van der Waals surface area contributed by atoms with Gasteiger partial charge in [-0.2, -0.15) is 13.2 Å². The number of amides is 1. The fraction of sp³-hybridized carbons (Fsp3) is 0.286. The summed E-state index contributed by atoms with van der Waals surface area (Å²) in [5, 5.41) is 2.64. The summed E-state index contributed by atoms with van der Waals surface area (Å²) in [5.41, 5.74) is 0.394. The number of carbonyl (C=O) groups is 1. The average Bonchev–Trinajstić information content (AvgIpc) is 2.70. The van der Waals surface area contributed by atoms with Gasteiger partial charge in [0, 0.05) is 18.2 Å². The number of rotatable bonds is 8. The number of alkyl halides is 3. The van der Waals surface area contributed by atoms with Gasteiger partial charge in [0.15, 0.2) is 11.5 Å². The minimum atomic E-state index is -4.39. The van der Waals surface area contributed by atoms with Crippen molar-refractivity contribution in [2.45, 2.75) is 12.6 Å². The van der Waals surface area contributed by atoms with Gasteiger partial charge in [-0.3, -0.25) is 4.79 Å². The van der Waals surface area contributed by atoms with E-state index in [-0.39, 0.29) is 18.9 Å². The van der Waals surface area contributed by atoms with Gasteiger partial charge in [-0.05, 0) is 36.3 Å². The summed E-state index contributed by atoms with van der Waals surface area (Å²) in [4.78, 5) is 12.0. The number of methoxy groups -OCH3 is 3. The monoisotopic (exact) mass is 409 g/mol. The smallest absolute Gasteiger partial charge is 0.416 e.